The van der Waals surface area contributed by atoms with Crippen molar-refractivity contribution in [3.63, 3.8) is 0 Å². The first-order valence-electron chi connectivity index (χ1n) is 7.66. The zero-order chi connectivity index (χ0) is 15.9. The van der Waals surface area contributed by atoms with Gasteiger partial charge in [0, 0.05) is 39.3 Å². The number of methoxy groups -OCH3 is 1. The fourth-order valence-electron chi connectivity index (χ4n) is 2.46. The summed E-state index contributed by atoms with van der Waals surface area (Å²) in [5, 5.41) is 2.93. The van der Waals surface area contributed by atoms with Crippen LogP contribution in [-0.4, -0.2) is 81.2 Å². The van der Waals surface area contributed by atoms with E-state index in [9.17, 15) is 4.79 Å². The van der Waals surface area contributed by atoms with Gasteiger partial charge in [-0.15, -0.1) is 0 Å². The van der Waals surface area contributed by atoms with E-state index in [1.165, 1.54) is 0 Å². The molecular formula is C16H26N4O2. The summed E-state index contributed by atoms with van der Waals surface area (Å²) in [6.45, 7) is 5.46. The summed E-state index contributed by atoms with van der Waals surface area (Å²) in [4.78, 5) is 18.8. The molecule has 0 atom stereocenters. The number of urea groups is 1. The predicted molar refractivity (Wildman–Crippen MR) is 88.6 cm³/mol. The van der Waals surface area contributed by atoms with E-state index < -0.39 is 0 Å². The Hall–Kier alpha value is -1.79. The molecule has 1 aliphatic heterocycles. The van der Waals surface area contributed by atoms with E-state index in [0.29, 0.717) is 11.4 Å². The third-order valence-corrected chi connectivity index (χ3v) is 3.87. The molecule has 0 radical (unpaired) electrons. The third kappa shape index (κ3) is 4.61. The first-order valence-corrected chi connectivity index (χ1v) is 7.66. The van der Waals surface area contributed by atoms with Gasteiger partial charge in [-0.2, -0.15) is 0 Å². The molecule has 1 aromatic rings. The topological polar surface area (TPSA) is 48.1 Å². The summed E-state index contributed by atoms with van der Waals surface area (Å²) >= 11 is 0. The van der Waals surface area contributed by atoms with Crippen molar-refractivity contribution in [1.29, 1.82) is 0 Å². The molecule has 0 bridgehead atoms. The highest BCUT2D eigenvalue weighted by Gasteiger charge is 2.21. The van der Waals surface area contributed by atoms with E-state index in [2.05, 4.69) is 29.2 Å². The first kappa shape index (κ1) is 16.6. The van der Waals surface area contributed by atoms with Crippen LogP contribution in [0, 0.1) is 0 Å². The largest absolute Gasteiger partial charge is 0.495 e. The van der Waals surface area contributed by atoms with Gasteiger partial charge in [0.15, 0.2) is 0 Å². The van der Waals surface area contributed by atoms with E-state index in [1.807, 2.05) is 29.2 Å². The van der Waals surface area contributed by atoms with Crippen LogP contribution in [0.1, 0.15) is 0 Å². The standard InChI is InChI=1S/C16H26N4O2/c1-18(2)8-9-19-10-12-20(13-11-19)16(21)17-14-6-4-5-7-15(14)22-3/h4-7H,8-13H2,1-3H3,(H,17,21). The Bertz CT molecular complexity index is 485. The second kappa shape index (κ2) is 8.00. The predicted octanol–water partition coefficient (Wildman–Crippen LogP) is 1.41. The van der Waals surface area contributed by atoms with Crippen LogP contribution >= 0.6 is 0 Å². The lowest BCUT2D eigenvalue weighted by molar-refractivity contribution is 0.140. The number of rotatable bonds is 5. The Morgan fingerprint density at radius 2 is 1.91 bits per heavy atom. The molecule has 122 valence electrons. The Labute approximate surface area is 132 Å². The monoisotopic (exact) mass is 306 g/mol. The fourth-order valence-corrected chi connectivity index (χ4v) is 2.46. The van der Waals surface area contributed by atoms with Gasteiger partial charge in [0.25, 0.3) is 0 Å². The summed E-state index contributed by atoms with van der Waals surface area (Å²) in [7, 11) is 5.77. The van der Waals surface area contributed by atoms with Crippen LogP contribution in [0.5, 0.6) is 5.75 Å². The maximum absolute atomic E-state index is 12.3. The van der Waals surface area contributed by atoms with E-state index in [-0.39, 0.29) is 6.03 Å². The van der Waals surface area contributed by atoms with Gasteiger partial charge in [0.1, 0.15) is 5.75 Å². The lowest BCUT2D eigenvalue weighted by Gasteiger charge is -2.35. The highest BCUT2D eigenvalue weighted by Crippen LogP contribution is 2.23. The van der Waals surface area contributed by atoms with Crippen LogP contribution in [-0.2, 0) is 0 Å². The average Bonchev–Trinajstić information content (AvgIpc) is 2.54. The summed E-state index contributed by atoms with van der Waals surface area (Å²) in [5.41, 5.74) is 0.713. The third-order valence-electron chi connectivity index (χ3n) is 3.87. The number of nitrogens with one attached hydrogen (secondary N) is 1. The molecule has 1 aromatic carbocycles. The van der Waals surface area contributed by atoms with Crippen molar-refractivity contribution in [2.24, 2.45) is 0 Å². The average molecular weight is 306 g/mol. The fraction of sp³-hybridized carbons (Fsp3) is 0.562. The normalized spacial score (nSPS) is 15.9. The van der Waals surface area contributed by atoms with Crippen molar-refractivity contribution in [3.05, 3.63) is 24.3 Å². The number of ether oxygens (including phenoxy) is 1. The number of likely N-dealkylation sites (N-methyl/N-ethyl adjacent to an activating group) is 1. The van der Waals surface area contributed by atoms with Crippen LogP contribution in [0.4, 0.5) is 10.5 Å². The Morgan fingerprint density at radius 3 is 2.55 bits per heavy atom. The maximum Gasteiger partial charge on any atom is 0.322 e. The van der Waals surface area contributed by atoms with Gasteiger partial charge in [0.05, 0.1) is 12.8 Å². The van der Waals surface area contributed by atoms with Crippen LogP contribution in [0.2, 0.25) is 0 Å². The van der Waals surface area contributed by atoms with Gasteiger partial charge in [-0.25, -0.2) is 4.79 Å². The van der Waals surface area contributed by atoms with Crippen molar-refractivity contribution in [2.45, 2.75) is 0 Å². The molecule has 1 fully saturated rings. The minimum absolute atomic E-state index is 0.0586. The number of hydrogen-bond donors (Lipinski definition) is 1. The van der Waals surface area contributed by atoms with Gasteiger partial charge >= 0.3 is 6.03 Å². The molecule has 2 amide bonds. The molecule has 0 unspecified atom stereocenters. The lowest BCUT2D eigenvalue weighted by Crippen LogP contribution is -2.51. The van der Waals surface area contributed by atoms with Crippen molar-refractivity contribution in [2.75, 3.05) is 65.8 Å². The Balaban J connectivity index is 1.82. The Morgan fingerprint density at radius 1 is 1.23 bits per heavy atom. The molecule has 0 saturated carbocycles. The summed E-state index contributed by atoms with van der Waals surface area (Å²) in [6.07, 6.45) is 0. The van der Waals surface area contributed by atoms with Crippen molar-refractivity contribution < 1.29 is 9.53 Å². The molecule has 1 N–H and O–H groups in total. The molecular weight excluding hydrogens is 280 g/mol. The molecule has 0 aromatic heterocycles. The SMILES string of the molecule is COc1ccccc1NC(=O)N1CCN(CCN(C)C)CC1. The number of benzene rings is 1. The van der Waals surface area contributed by atoms with Gasteiger partial charge in [-0.05, 0) is 26.2 Å². The molecule has 2 rings (SSSR count). The molecule has 1 saturated heterocycles. The van der Waals surface area contributed by atoms with Gasteiger partial charge in [-0.3, -0.25) is 4.90 Å². The van der Waals surface area contributed by atoms with E-state index in [4.69, 9.17) is 4.74 Å². The number of anilines is 1. The molecule has 1 heterocycles. The number of para-hydroxylation sites is 2. The van der Waals surface area contributed by atoms with Crippen molar-refractivity contribution in [1.82, 2.24) is 14.7 Å². The quantitative estimate of drug-likeness (QED) is 0.893. The molecule has 0 spiro atoms. The highest BCUT2D eigenvalue weighted by atomic mass is 16.5. The van der Waals surface area contributed by atoms with Gasteiger partial charge in [-0.1, -0.05) is 12.1 Å². The van der Waals surface area contributed by atoms with Crippen LogP contribution in [0.25, 0.3) is 0 Å². The number of hydrogen-bond acceptors (Lipinski definition) is 4. The summed E-state index contributed by atoms with van der Waals surface area (Å²) in [6, 6.07) is 7.41. The lowest BCUT2D eigenvalue weighted by atomic mass is 10.3. The number of piperazine rings is 1. The molecule has 0 aliphatic carbocycles. The van der Waals surface area contributed by atoms with Crippen LogP contribution < -0.4 is 10.1 Å². The smallest absolute Gasteiger partial charge is 0.322 e. The van der Waals surface area contributed by atoms with E-state index >= 15 is 0 Å². The second-order valence-electron chi connectivity index (χ2n) is 5.76. The minimum Gasteiger partial charge on any atom is -0.495 e. The number of nitrogens with zero attached hydrogens (tertiary/aromatic N) is 3. The first-order chi connectivity index (χ1) is 10.6. The molecule has 22 heavy (non-hydrogen) atoms. The van der Waals surface area contributed by atoms with Gasteiger partial charge < -0.3 is 19.9 Å². The van der Waals surface area contributed by atoms with E-state index in [1.54, 1.807) is 7.11 Å². The van der Waals surface area contributed by atoms with Gasteiger partial charge in [0.2, 0.25) is 0 Å². The molecule has 6 nitrogen and oxygen atoms in total. The van der Waals surface area contributed by atoms with Crippen molar-refractivity contribution in [3.8, 4) is 5.75 Å². The Kier molecular flexibility index (Phi) is 6.03. The van der Waals surface area contributed by atoms with Crippen molar-refractivity contribution >= 4 is 11.7 Å². The number of carbonyl (C=O) groups excluding carboxylic acids is 1. The molecule has 1 aliphatic rings. The minimum atomic E-state index is -0.0586. The second-order valence-corrected chi connectivity index (χ2v) is 5.76. The zero-order valence-electron chi connectivity index (χ0n) is 13.7. The maximum atomic E-state index is 12.3. The highest BCUT2D eigenvalue weighted by molar-refractivity contribution is 5.91. The summed E-state index contributed by atoms with van der Waals surface area (Å²) < 4.78 is 5.26. The number of carbonyl (C=O) groups is 1. The van der Waals surface area contributed by atoms with Crippen LogP contribution in [0.15, 0.2) is 24.3 Å². The van der Waals surface area contributed by atoms with E-state index in [0.717, 1.165) is 39.3 Å². The molecule has 6 heteroatoms. The summed E-state index contributed by atoms with van der Waals surface area (Å²) in [5.74, 6) is 0.681. The zero-order valence-corrected chi connectivity index (χ0v) is 13.7. The van der Waals surface area contributed by atoms with Crippen LogP contribution in [0.3, 0.4) is 0 Å². The number of amides is 2.